The maximum absolute atomic E-state index is 12.6. The predicted molar refractivity (Wildman–Crippen MR) is 128 cm³/mol. The van der Waals surface area contributed by atoms with Crippen LogP contribution < -0.4 is 10.1 Å². The number of hydrogen-bond acceptors (Lipinski definition) is 3. The lowest BCUT2D eigenvalue weighted by molar-refractivity contribution is -0.112. The van der Waals surface area contributed by atoms with E-state index in [4.69, 9.17) is 16.3 Å². The molecular weight excluding hydrogens is 511 g/mol. The van der Waals surface area contributed by atoms with Crippen molar-refractivity contribution >= 4 is 51.9 Å². The van der Waals surface area contributed by atoms with Gasteiger partial charge in [0.05, 0.1) is 0 Å². The van der Waals surface area contributed by atoms with E-state index in [2.05, 4.69) is 27.9 Å². The van der Waals surface area contributed by atoms with Crippen LogP contribution >= 0.6 is 34.2 Å². The molecule has 0 saturated carbocycles. The number of nitrogens with zero attached hydrogens (tertiary/aromatic N) is 1. The minimum atomic E-state index is -0.504. The van der Waals surface area contributed by atoms with Crippen molar-refractivity contribution in [1.29, 1.82) is 5.26 Å². The Balaban J connectivity index is 1.80. The van der Waals surface area contributed by atoms with Crippen molar-refractivity contribution in [3.63, 3.8) is 0 Å². The Morgan fingerprint density at radius 1 is 1.13 bits per heavy atom. The number of rotatable bonds is 6. The zero-order valence-corrected chi connectivity index (χ0v) is 19.1. The highest BCUT2D eigenvalue weighted by atomic mass is 127. The number of carbonyl (C=O) groups excluding carboxylic acids is 1. The minimum absolute atomic E-state index is 0.0281. The second kappa shape index (κ2) is 10.3. The van der Waals surface area contributed by atoms with E-state index in [0.717, 1.165) is 14.7 Å². The molecule has 1 N–H and O–H groups in total. The molecule has 30 heavy (non-hydrogen) atoms. The monoisotopic (exact) mass is 528 g/mol. The van der Waals surface area contributed by atoms with Crippen molar-refractivity contribution in [2.24, 2.45) is 0 Å². The normalized spacial score (nSPS) is 10.9. The van der Waals surface area contributed by atoms with Crippen molar-refractivity contribution in [3.8, 4) is 11.8 Å². The van der Waals surface area contributed by atoms with Crippen LogP contribution in [0, 0.1) is 21.8 Å². The Hall–Kier alpha value is -2.82. The molecule has 3 aromatic rings. The van der Waals surface area contributed by atoms with Crippen LogP contribution in [0.4, 0.5) is 5.69 Å². The molecule has 0 aliphatic heterocycles. The van der Waals surface area contributed by atoms with Crippen LogP contribution in [-0.4, -0.2) is 5.91 Å². The number of nitrogens with one attached hydrogen (secondary N) is 1. The summed E-state index contributed by atoms with van der Waals surface area (Å²) in [5.41, 5.74) is 2.96. The van der Waals surface area contributed by atoms with Crippen molar-refractivity contribution < 1.29 is 9.53 Å². The van der Waals surface area contributed by atoms with E-state index >= 15 is 0 Å². The van der Waals surface area contributed by atoms with Gasteiger partial charge in [0.25, 0.3) is 5.91 Å². The highest BCUT2D eigenvalue weighted by Crippen LogP contribution is 2.25. The summed E-state index contributed by atoms with van der Waals surface area (Å²) in [6.45, 7) is 2.19. The zero-order chi connectivity index (χ0) is 21.5. The number of anilines is 1. The molecule has 4 nitrogen and oxygen atoms in total. The minimum Gasteiger partial charge on any atom is -0.488 e. The zero-order valence-electron chi connectivity index (χ0n) is 16.2. The highest BCUT2D eigenvalue weighted by Gasteiger charge is 2.13. The molecule has 0 aromatic heterocycles. The Bertz CT molecular complexity index is 1130. The van der Waals surface area contributed by atoms with Crippen LogP contribution in [0.1, 0.15) is 16.7 Å². The molecule has 0 spiro atoms. The first kappa shape index (κ1) is 21.9. The molecule has 3 rings (SSSR count). The number of ether oxygens (including phenoxy) is 1. The van der Waals surface area contributed by atoms with Crippen molar-refractivity contribution in [1.82, 2.24) is 0 Å². The maximum Gasteiger partial charge on any atom is 0.266 e. The first-order valence-electron chi connectivity index (χ1n) is 9.12. The van der Waals surface area contributed by atoms with Crippen LogP contribution in [0.15, 0.2) is 72.3 Å². The summed E-state index contributed by atoms with van der Waals surface area (Å²) in [4.78, 5) is 12.6. The molecule has 0 radical (unpaired) electrons. The summed E-state index contributed by atoms with van der Waals surface area (Å²) in [7, 11) is 0. The SMILES string of the molecule is Cc1c(Cl)cccc1NC(=O)/C(C#N)=C\c1ccccc1OCc1ccc(I)cc1. The molecule has 0 atom stereocenters. The molecule has 0 heterocycles. The molecule has 0 unspecified atom stereocenters. The van der Waals surface area contributed by atoms with Crippen LogP contribution in [0.5, 0.6) is 5.75 Å². The molecule has 0 bridgehead atoms. The third-order valence-electron chi connectivity index (χ3n) is 4.41. The smallest absolute Gasteiger partial charge is 0.266 e. The molecule has 1 amide bonds. The van der Waals surface area contributed by atoms with E-state index in [9.17, 15) is 10.1 Å². The molecule has 0 fully saturated rings. The van der Waals surface area contributed by atoms with E-state index in [1.807, 2.05) is 48.5 Å². The van der Waals surface area contributed by atoms with E-state index in [1.165, 1.54) is 6.08 Å². The molecule has 0 aliphatic rings. The van der Waals surface area contributed by atoms with Crippen molar-refractivity contribution in [2.45, 2.75) is 13.5 Å². The fourth-order valence-corrected chi connectivity index (χ4v) is 3.24. The fourth-order valence-electron chi connectivity index (χ4n) is 2.71. The van der Waals surface area contributed by atoms with Crippen LogP contribution in [0.25, 0.3) is 6.08 Å². The van der Waals surface area contributed by atoms with Gasteiger partial charge in [-0.25, -0.2) is 0 Å². The largest absolute Gasteiger partial charge is 0.488 e. The van der Waals surface area contributed by atoms with Gasteiger partial charge in [0.2, 0.25) is 0 Å². The quantitative estimate of drug-likeness (QED) is 0.229. The van der Waals surface area contributed by atoms with Gasteiger partial charge in [-0.3, -0.25) is 4.79 Å². The molecular formula is C24H18ClIN2O2. The van der Waals surface area contributed by atoms with Gasteiger partial charge in [-0.15, -0.1) is 0 Å². The lowest BCUT2D eigenvalue weighted by Gasteiger charge is -2.11. The van der Waals surface area contributed by atoms with Crippen molar-refractivity contribution in [2.75, 3.05) is 5.32 Å². The number of amides is 1. The molecule has 150 valence electrons. The van der Waals surface area contributed by atoms with Gasteiger partial charge < -0.3 is 10.1 Å². The van der Waals surface area contributed by atoms with Gasteiger partial charge in [0.15, 0.2) is 0 Å². The number of benzene rings is 3. The second-order valence-electron chi connectivity index (χ2n) is 6.49. The van der Waals surface area contributed by atoms with Gasteiger partial charge in [0.1, 0.15) is 24.0 Å². The second-order valence-corrected chi connectivity index (χ2v) is 8.14. The van der Waals surface area contributed by atoms with E-state index in [0.29, 0.717) is 28.6 Å². The Kier molecular flexibility index (Phi) is 7.50. The standard InChI is InChI=1S/C24H18ClIN2O2/c1-16-21(25)6-4-7-22(16)28-24(29)19(14-27)13-18-5-2-3-8-23(18)30-15-17-9-11-20(26)12-10-17/h2-13H,15H2,1H3,(H,28,29)/b19-13-. The summed E-state index contributed by atoms with van der Waals surface area (Å²) in [5.74, 6) is 0.0887. The number of hydrogen-bond donors (Lipinski definition) is 1. The summed E-state index contributed by atoms with van der Waals surface area (Å²) < 4.78 is 7.09. The average Bonchev–Trinajstić information content (AvgIpc) is 2.75. The van der Waals surface area contributed by atoms with Gasteiger partial charge in [-0.05, 0) is 77.0 Å². The summed E-state index contributed by atoms with van der Waals surface area (Å²) in [5, 5.41) is 12.8. The third-order valence-corrected chi connectivity index (χ3v) is 5.54. The predicted octanol–water partition coefficient (Wildman–Crippen LogP) is 6.38. The lowest BCUT2D eigenvalue weighted by Crippen LogP contribution is -2.14. The van der Waals surface area contributed by atoms with Gasteiger partial charge >= 0.3 is 0 Å². The van der Waals surface area contributed by atoms with Gasteiger partial charge in [0, 0.05) is 19.8 Å². The topological polar surface area (TPSA) is 62.1 Å². The summed E-state index contributed by atoms with van der Waals surface area (Å²) in [6, 6.07) is 22.5. The highest BCUT2D eigenvalue weighted by molar-refractivity contribution is 14.1. The van der Waals surface area contributed by atoms with Crippen molar-refractivity contribution in [3.05, 3.63) is 97.6 Å². The molecule has 0 aliphatic carbocycles. The molecule has 6 heteroatoms. The first-order chi connectivity index (χ1) is 14.5. The summed E-state index contributed by atoms with van der Waals surface area (Å²) in [6.07, 6.45) is 1.53. The number of nitriles is 1. The molecule has 0 saturated heterocycles. The van der Waals surface area contributed by atoms with Gasteiger partial charge in [-0.2, -0.15) is 5.26 Å². The lowest BCUT2D eigenvalue weighted by atomic mass is 10.1. The fraction of sp³-hybridized carbons (Fsp3) is 0.0833. The number of carbonyl (C=O) groups is 1. The Labute approximate surface area is 194 Å². The van der Waals surface area contributed by atoms with Crippen LogP contribution in [0.3, 0.4) is 0 Å². The Morgan fingerprint density at radius 3 is 2.60 bits per heavy atom. The Morgan fingerprint density at radius 2 is 1.87 bits per heavy atom. The van der Waals surface area contributed by atoms with E-state index in [-0.39, 0.29) is 5.57 Å². The summed E-state index contributed by atoms with van der Waals surface area (Å²) >= 11 is 8.36. The first-order valence-corrected chi connectivity index (χ1v) is 10.6. The van der Waals surface area contributed by atoms with Crippen LogP contribution in [0.2, 0.25) is 5.02 Å². The third kappa shape index (κ3) is 5.62. The average molecular weight is 529 g/mol. The molecule has 3 aromatic carbocycles. The maximum atomic E-state index is 12.6. The van der Waals surface area contributed by atoms with Crippen LogP contribution in [-0.2, 0) is 11.4 Å². The van der Waals surface area contributed by atoms with E-state index in [1.54, 1.807) is 31.2 Å². The number of para-hydroxylation sites is 1. The number of halogens is 2. The van der Waals surface area contributed by atoms with Gasteiger partial charge in [-0.1, -0.05) is 48.0 Å². The van der Waals surface area contributed by atoms with E-state index < -0.39 is 5.91 Å².